The second-order valence-electron chi connectivity index (χ2n) is 5.79. The van der Waals surface area contributed by atoms with Gasteiger partial charge in [-0.3, -0.25) is 9.59 Å². The first-order valence-corrected chi connectivity index (χ1v) is 7.54. The van der Waals surface area contributed by atoms with Crippen molar-refractivity contribution in [3.63, 3.8) is 0 Å². The molecule has 1 unspecified atom stereocenters. The van der Waals surface area contributed by atoms with Gasteiger partial charge in [-0.25, -0.2) is 4.79 Å². The maximum absolute atomic E-state index is 12.5. The van der Waals surface area contributed by atoms with Crippen LogP contribution in [-0.2, 0) is 9.59 Å². The quantitative estimate of drug-likeness (QED) is 0.791. The predicted molar refractivity (Wildman–Crippen MR) is 81.8 cm³/mol. The van der Waals surface area contributed by atoms with Gasteiger partial charge in [0.25, 0.3) is 0 Å². The monoisotopic (exact) mass is 303 g/mol. The van der Waals surface area contributed by atoms with Crippen LogP contribution >= 0.6 is 0 Å². The lowest BCUT2D eigenvalue weighted by Crippen LogP contribution is -2.41. The number of carbonyl (C=O) groups is 3. The maximum atomic E-state index is 12.5. The molecular formula is C17H21NO4. The number of amides is 1. The molecule has 22 heavy (non-hydrogen) atoms. The van der Waals surface area contributed by atoms with Gasteiger partial charge in [0.1, 0.15) is 11.6 Å². The van der Waals surface area contributed by atoms with E-state index in [4.69, 9.17) is 5.11 Å². The first kappa shape index (κ1) is 16.2. The number of carbonyl (C=O) groups excluding carboxylic acids is 2. The number of nitrogens with one attached hydrogen (secondary N) is 1. The van der Waals surface area contributed by atoms with E-state index in [2.05, 4.69) is 5.32 Å². The van der Waals surface area contributed by atoms with Gasteiger partial charge in [-0.2, -0.15) is 0 Å². The van der Waals surface area contributed by atoms with Gasteiger partial charge >= 0.3 is 6.09 Å². The molecule has 5 nitrogen and oxygen atoms in total. The van der Waals surface area contributed by atoms with Crippen molar-refractivity contribution in [3.05, 3.63) is 35.9 Å². The molecule has 1 aromatic rings. The molecule has 0 aromatic heterocycles. The minimum absolute atomic E-state index is 0.0100. The minimum Gasteiger partial charge on any atom is -0.465 e. The lowest BCUT2D eigenvalue weighted by Gasteiger charge is -2.34. The van der Waals surface area contributed by atoms with Crippen molar-refractivity contribution in [2.24, 2.45) is 5.41 Å². The van der Waals surface area contributed by atoms with Crippen molar-refractivity contribution in [2.45, 2.75) is 38.5 Å². The molecule has 1 aliphatic carbocycles. The smallest absolute Gasteiger partial charge is 0.404 e. The average molecular weight is 303 g/mol. The largest absolute Gasteiger partial charge is 0.465 e. The summed E-state index contributed by atoms with van der Waals surface area (Å²) < 4.78 is 0. The molecule has 0 heterocycles. The molecule has 1 fully saturated rings. The summed E-state index contributed by atoms with van der Waals surface area (Å²) in [5.41, 5.74) is -0.0817. The van der Waals surface area contributed by atoms with Gasteiger partial charge in [0.15, 0.2) is 0 Å². The summed E-state index contributed by atoms with van der Waals surface area (Å²) in [6.45, 7) is 1.70. The van der Waals surface area contributed by atoms with Crippen molar-refractivity contribution < 1.29 is 19.5 Å². The Bertz CT molecular complexity index is 569. The summed E-state index contributed by atoms with van der Waals surface area (Å²) in [6, 6.07) is 9.44. The van der Waals surface area contributed by atoms with E-state index in [0.717, 1.165) is 5.56 Å². The molecule has 2 N–H and O–H groups in total. The summed E-state index contributed by atoms with van der Waals surface area (Å²) in [6.07, 6.45) is 1.03. The van der Waals surface area contributed by atoms with Crippen LogP contribution in [0.4, 0.5) is 4.79 Å². The van der Waals surface area contributed by atoms with Crippen molar-refractivity contribution in [3.8, 4) is 0 Å². The molecular weight excluding hydrogens is 282 g/mol. The average Bonchev–Trinajstić information content (AvgIpc) is 2.87. The Hall–Kier alpha value is -2.17. The molecule has 2 rings (SSSR count). The van der Waals surface area contributed by atoms with Gasteiger partial charge in [-0.15, -0.1) is 0 Å². The summed E-state index contributed by atoms with van der Waals surface area (Å²) in [5.74, 6) is -0.406. The lowest BCUT2D eigenvalue weighted by molar-refractivity contribution is -0.139. The predicted octanol–water partition coefficient (Wildman–Crippen LogP) is 2.76. The molecule has 118 valence electrons. The van der Waals surface area contributed by atoms with Gasteiger partial charge in [-0.1, -0.05) is 30.3 Å². The number of benzene rings is 1. The van der Waals surface area contributed by atoms with E-state index >= 15 is 0 Å². The molecule has 0 saturated heterocycles. The van der Waals surface area contributed by atoms with Crippen LogP contribution < -0.4 is 5.32 Å². The first-order valence-electron chi connectivity index (χ1n) is 7.54. The van der Waals surface area contributed by atoms with E-state index in [1.165, 1.54) is 6.92 Å². The molecule has 5 heteroatoms. The van der Waals surface area contributed by atoms with Crippen LogP contribution in [0.5, 0.6) is 0 Å². The number of ketones is 2. The highest BCUT2D eigenvalue weighted by Crippen LogP contribution is 2.48. The van der Waals surface area contributed by atoms with E-state index < -0.39 is 11.5 Å². The molecule has 0 radical (unpaired) electrons. The fraction of sp³-hybridized carbons (Fsp3) is 0.471. The number of rotatable bonds is 6. The van der Waals surface area contributed by atoms with Gasteiger partial charge in [0, 0.05) is 18.9 Å². The van der Waals surface area contributed by atoms with Crippen LogP contribution in [0.1, 0.15) is 44.1 Å². The highest BCUT2D eigenvalue weighted by atomic mass is 16.4. The second-order valence-corrected chi connectivity index (χ2v) is 5.79. The zero-order valence-corrected chi connectivity index (χ0v) is 12.7. The normalized spacial score (nSPS) is 22.3. The van der Waals surface area contributed by atoms with Crippen LogP contribution in [0.15, 0.2) is 30.3 Å². The molecule has 1 aliphatic rings. The Morgan fingerprint density at radius 2 is 2.00 bits per heavy atom. The Kier molecular flexibility index (Phi) is 4.96. The van der Waals surface area contributed by atoms with E-state index in [9.17, 15) is 14.4 Å². The van der Waals surface area contributed by atoms with Gasteiger partial charge < -0.3 is 10.4 Å². The minimum atomic E-state index is -1.10. The third kappa shape index (κ3) is 3.03. The highest BCUT2D eigenvalue weighted by Gasteiger charge is 2.51. The third-order valence-corrected chi connectivity index (χ3v) is 4.61. The standard InChI is InChI=1S/C17H21NO4/c1-12(19)17(10-5-8-15(17)20)14(9-11-18-16(21)22)13-6-3-2-4-7-13/h2-4,6-7,14,18H,5,8-11H2,1H3,(H,21,22)/t14-,17?/m0/s1. The molecule has 1 saturated carbocycles. The number of Topliss-reactive ketones (excluding diaryl/α,β-unsaturated/α-hetero) is 2. The van der Waals surface area contributed by atoms with Crippen molar-refractivity contribution in [1.29, 1.82) is 0 Å². The molecule has 2 atom stereocenters. The maximum Gasteiger partial charge on any atom is 0.404 e. The molecule has 1 amide bonds. The zero-order chi connectivity index (χ0) is 16.2. The van der Waals surface area contributed by atoms with Crippen LogP contribution in [0, 0.1) is 5.41 Å². The summed E-state index contributed by atoms with van der Waals surface area (Å²) in [5, 5.41) is 11.1. The fourth-order valence-electron chi connectivity index (χ4n) is 3.58. The van der Waals surface area contributed by atoms with E-state index in [1.54, 1.807) is 0 Å². The molecule has 1 aromatic carbocycles. The Labute approximate surface area is 129 Å². The lowest BCUT2D eigenvalue weighted by atomic mass is 9.66. The highest BCUT2D eigenvalue weighted by molar-refractivity contribution is 6.08. The van der Waals surface area contributed by atoms with Crippen molar-refractivity contribution >= 4 is 17.7 Å². The number of carboxylic acid groups (broad SMARTS) is 1. The summed E-state index contributed by atoms with van der Waals surface area (Å²) in [4.78, 5) is 35.5. The van der Waals surface area contributed by atoms with E-state index in [1.807, 2.05) is 30.3 Å². The Morgan fingerprint density at radius 3 is 2.50 bits per heavy atom. The van der Waals surface area contributed by atoms with Gasteiger partial charge in [0.2, 0.25) is 0 Å². The van der Waals surface area contributed by atoms with E-state index in [0.29, 0.717) is 25.7 Å². The Morgan fingerprint density at radius 1 is 1.32 bits per heavy atom. The van der Waals surface area contributed by atoms with Gasteiger partial charge in [0.05, 0.1) is 5.41 Å². The number of hydrogen-bond donors (Lipinski definition) is 2. The van der Waals surface area contributed by atoms with Crippen LogP contribution in [-0.4, -0.2) is 29.3 Å². The third-order valence-electron chi connectivity index (χ3n) is 4.61. The molecule has 0 aliphatic heterocycles. The molecule has 0 spiro atoms. The summed E-state index contributed by atoms with van der Waals surface area (Å²) in [7, 11) is 0. The van der Waals surface area contributed by atoms with Crippen LogP contribution in [0.2, 0.25) is 0 Å². The Balaban J connectivity index is 2.36. The number of hydrogen-bond acceptors (Lipinski definition) is 3. The van der Waals surface area contributed by atoms with Crippen LogP contribution in [0.3, 0.4) is 0 Å². The SMILES string of the molecule is CC(=O)C1([C@@H](CCNC(=O)O)c2ccccc2)CCCC1=O. The molecule has 0 bridgehead atoms. The van der Waals surface area contributed by atoms with Crippen molar-refractivity contribution in [2.75, 3.05) is 6.54 Å². The van der Waals surface area contributed by atoms with E-state index in [-0.39, 0.29) is 24.0 Å². The van der Waals surface area contributed by atoms with Crippen LogP contribution in [0.25, 0.3) is 0 Å². The van der Waals surface area contributed by atoms with Crippen molar-refractivity contribution in [1.82, 2.24) is 5.32 Å². The second kappa shape index (κ2) is 6.73. The topological polar surface area (TPSA) is 83.5 Å². The zero-order valence-electron chi connectivity index (χ0n) is 12.7. The fourth-order valence-corrected chi connectivity index (χ4v) is 3.58. The summed E-state index contributed by atoms with van der Waals surface area (Å²) >= 11 is 0. The van der Waals surface area contributed by atoms with Gasteiger partial charge in [-0.05, 0) is 31.7 Å². The first-order chi connectivity index (χ1) is 10.5.